The number of benzene rings is 1. The predicted molar refractivity (Wildman–Crippen MR) is 94.6 cm³/mol. The summed E-state index contributed by atoms with van der Waals surface area (Å²) in [5.41, 5.74) is 0.644. The highest BCUT2D eigenvalue weighted by Crippen LogP contribution is 2.25. The lowest BCUT2D eigenvalue weighted by atomic mass is 9.92. The van der Waals surface area contributed by atoms with Gasteiger partial charge < -0.3 is 15.1 Å². The number of rotatable bonds is 3. The molecule has 0 aliphatic carbocycles. The van der Waals surface area contributed by atoms with Crippen molar-refractivity contribution in [2.75, 3.05) is 31.5 Å². The second kappa shape index (κ2) is 7.95. The maximum absolute atomic E-state index is 12.9. The van der Waals surface area contributed by atoms with Gasteiger partial charge in [-0.3, -0.25) is 9.59 Å². The lowest BCUT2D eigenvalue weighted by Gasteiger charge is -2.41. The third-order valence-corrected chi connectivity index (χ3v) is 5.44. The molecule has 25 heavy (non-hydrogen) atoms. The number of nitrogens with one attached hydrogen (secondary N) is 1. The van der Waals surface area contributed by atoms with E-state index < -0.39 is 0 Å². The van der Waals surface area contributed by atoms with Gasteiger partial charge in [0.2, 0.25) is 11.8 Å². The molecule has 2 aliphatic rings. The Bertz CT molecular complexity index is 604. The van der Waals surface area contributed by atoms with E-state index in [9.17, 15) is 14.0 Å². The molecule has 6 heteroatoms. The summed E-state index contributed by atoms with van der Waals surface area (Å²) in [7, 11) is 0. The van der Waals surface area contributed by atoms with Crippen molar-refractivity contribution in [2.45, 2.75) is 38.6 Å². The zero-order valence-electron chi connectivity index (χ0n) is 14.7. The van der Waals surface area contributed by atoms with Crippen LogP contribution in [0, 0.1) is 11.7 Å². The Kier molecular flexibility index (Phi) is 5.68. The number of hydrogen-bond donors (Lipinski definition) is 1. The molecule has 2 fully saturated rings. The fraction of sp³-hybridized carbons (Fsp3) is 0.579. The van der Waals surface area contributed by atoms with E-state index in [4.69, 9.17) is 0 Å². The minimum Gasteiger partial charge on any atom is -0.343 e. The van der Waals surface area contributed by atoms with Crippen LogP contribution in [-0.4, -0.2) is 53.8 Å². The van der Waals surface area contributed by atoms with Gasteiger partial charge in [0.1, 0.15) is 5.82 Å². The molecule has 0 saturated carbocycles. The summed E-state index contributed by atoms with van der Waals surface area (Å²) >= 11 is 0. The Morgan fingerprint density at radius 1 is 1.00 bits per heavy atom. The zero-order chi connectivity index (χ0) is 17.8. The molecular formula is C19H26FN3O2. The van der Waals surface area contributed by atoms with Crippen LogP contribution in [-0.2, 0) is 9.59 Å². The molecule has 0 bridgehead atoms. The maximum atomic E-state index is 12.9. The van der Waals surface area contributed by atoms with Gasteiger partial charge in [0, 0.05) is 37.7 Å². The van der Waals surface area contributed by atoms with E-state index in [1.54, 1.807) is 19.1 Å². The quantitative estimate of drug-likeness (QED) is 0.914. The Morgan fingerprint density at radius 2 is 1.60 bits per heavy atom. The SMILES string of the molecule is CC(=O)N1CCC(N2CCC(C(=O)Nc3ccc(F)cc3)CC2)CC1. The summed E-state index contributed by atoms with van der Waals surface area (Å²) in [6.45, 7) is 5.15. The molecule has 0 radical (unpaired) electrons. The summed E-state index contributed by atoms with van der Waals surface area (Å²) < 4.78 is 12.9. The molecule has 0 atom stereocenters. The Hall–Kier alpha value is -1.95. The molecule has 0 unspecified atom stereocenters. The summed E-state index contributed by atoms with van der Waals surface area (Å²) in [6, 6.07) is 6.41. The van der Waals surface area contributed by atoms with Gasteiger partial charge >= 0.3 is 0 Å². The van der Waals surface area contributed by atoms with Crippen molar-refractivity contribution in [3.05, 3.63) is 30.1 Å². The molecule has 0 aromatic heterocycles. The third-order valence-electron chi connectivity index (χ3n) is 5.44. The molecule has 0 spiro atoms. The van der Waals surface area contributed by atoms with Crippen LogP contribution in [0.4, 0.5) is 10.1 Å². The average molecular weight is 347 g/mol. The smallest absolute Gasteiger partial charge is 0.227 e. The minimum atomic E-state index is -0.304. The van der Waals surface area contributed by atoms with Gasteiger partial charge in [0.15, 0.2) is 0 Å². The second-order valence-corrected chi connectivity index (χ2v) is 7.04. The van der Waals surface area contributed by atoms with Crippen molar-refractivity contribution in [1.29, 1.82) is 0 Å². The lowest BCUT2D eigenvalue weighted by Crippen LogP contribution is -2.49. The van der Waals surface area contributed by atoms with Crippen molar-refractivity contribution >= 4 is 17.5 Å². The Morgan fingerprint density at radius 3 is 2.16 bits per heavy atom. The first-order valence-corrected chi connectivity index (χ1v) is 9.09. The number of nitrogens with zero attached hydrogens (tertiary/aromatic N) is 2. The monoisotopic (exact) mass is 347 g/mol. The largest absolute Gasteiger partial charge is 0.343 e. The molecule has 2 aliphatic heterocycles. The van der Waals surface area contributed by atoms with E-state index in [0.29, 0.717) is 11.7 Å². The summed E-state index contributed by atoms with van der Waals surface area (Å²) in [6.07, 6.45) is 3.73. The molecule has 2 heterocycles. The van der Waals surface area contributed by atoms with E-state index >= 15 is 0 Å². The fourth-order valence-corrected chi connectivity index (χ4v) is 3.85. The van der Waals surface area contributed by atoms with Crippen molar-refractivity contribution in [3.8, 4) is 0 Å². The van der Waals surface area contributed by atoms with Gasteiger partial charge in [-0.2, -0.15) is 0 Å². The van der Waals surface area contributed by atoms with Gasteiger partial charge in [-0.15, -0.1) is 0 Å². The third kappa shape index (κ3) is 4.57. The summed E-state index contributed by atoms with van der Waals surface area (Å²) in [5, 5.41) is 2.88. The van der Waals surface area contributed by atoms with E-state index in [1.165, 1.54) is 12.1 Å². The normalized spacial score (nSPS) is 20.5. The molecule has 2 saturated heterocycles. The number of hydrogen-bond acceptors (Lipinski definition) is 3. The van der Waals surface area contributed by atoms with Crippen LogP contribution in [0.15, 0.2) is 24.3 Å². The number of likely N-dealkylation sites (tertiary alicyclic amines) is 2. The Balaban J connectivity index is 1.44. The first-order valence-electron chi connectivity index (χ1n) is 9.09. The highest BCUT2D eigenvalue weighted by Gasteiger charge is 2.31. The molecule has 1 aromatic carbocycles. The van der Waals surface area contributed by atoms with E-state index in [2.05, 4.69) is 10.2 Å². The van der Waals surface area contributed by atoms with Gasteiger partial charge in [-0.25, -0.2) is 4.39 Å². The van der Waals surface area contributed by atoms with Gasteiger partial charge in [-0.05, 0) is 63.0 Å². The van der Waals surface area contributed by atoms with Crippen LogP contribution < -0.4 is 5.32 Å². The predicted octanol–water partition coefficient (Wildman–Crippen LogP) is 2.49. The zero-order valence-corrected chi connectivity index (χ0v) is 14.7. The molecule has 5 nitrogen and oxygen atoms in total. The van der Waals surface area contributed by atoms with E-state index in [1.807, 2.05) is 4.90 Å². The van der Waals surface area contributed by atoms with E-state index in [-0.39, 0.29) is 23.5 Å². The number of carbonyl (C=O) groups excluding carboxylic acids is 2. The standard InChI is InChI=1S/C19H26FN3O2/c1-14(24)22-12-8-18(9-13-22)23-10-6-15(7-11-23)19(25)21-17-4-2-16(20)3-5-17/h2-5,15,18H,6-13H2,1H3,(H,21,25). The van der Waals surface area contributed by atoms with Crippen molar-refractivity contribution < 1.29 is 14.0 Å². The highest BCUT2D eigenvalue weighted by molar-refractivity contribution is 5.92. The number of halogens is 1. The number of carbonyl (C=O) groups is 2. The van der Waals surface area contributed by atoms with Crippen LogP contribution in [0.5, 0.6) is 0 Å². The van der Waals surface area contributed by atoms with Crippen LogP contribution in [0.2, 0.25) is 0 Å². The molecule has 2 amide bonds. The fourth-order valence-electron chi connectivity index (χ4n) is 3.85. The van der Waals surface area contributed by atoms with Crippen LogP contribution >= 0.6 is 0 Å². The molecule has 1 N–H and O–H groups in total. The first kappa shape index (κ1) is 17.9. The molecule has 1 aromatic rings. The second-order valence-electron chi connectivity index (χ2n) is 7.04. The van der Waals surface area contributed by atoms with Gasteiger partial charge in [0.25, 0.3) is 0 Å². The van der Waals surface area contributed by atoms with Crippen molar-refractivity contribution in [3.63, 3.8) is 0 Å². The highest BCUT2D eigenvalue weighted by atomic mass is 19.1. The van der Waals surface area contributed by atoms with Gasteiger partial charge in [0.05, 0.1) is 0 Å². The number of piperidine rings is 2. The van der Waals surface area contributed by atoms with Crippen LogP contribution in [0.25, 0.3) is 0 Å². The first-order chi connectivity index (χ1) is 12.0. The lowest BCUT2D eigenvalue weighted by molar-refractivity contribution is -0.130. The average Bonchev–Trinajstić information content (AvgIpc) is 2.64. The topological polar surface area (TPSA) is 52.7 Å². The maximum Gasteiger partial charge on any atom is 0.227 e. The molecule has 3 rings (SSSR count). The van der Waals surface area contributed by atoms with Crippen molar-refractivity contribution in [2.24, 2.45) is 5.92 Å². The minimum absolute atomic E-state index is 0.0126. The number of amides is 2. The molecule has 136 valence electrons. The van der Waals surface area contributed by atoms with Crippen molar-refractivity contribution in [1.82, 2.24) is 9.80 Å². The van der Waals surface area contributed by atoms with Crippen LogP contribution in [0.3, 0.4) is 0 Å². The molecular weight excluding hydrogens is 321 g/mol. The van der Waals surface area contributed by atoms with Gasteiger partial charge in [-0.1, -0.05) is 0 Å². The number of anilines is 1. The van der Waals surface area contributed by atoms with E-state index in [0.717, 1.165) is 51.9 Å². The summed E-state index contributed by atoms with van der Waals surface area (Å²) in [4.78, 5) is 28.2. The van der Waals surface area contributed by atoms with Crippen LogP contribution in [0.1, 0.15) is 32.6 Å². The summed E-state index contributed by atoms with van der Waals surface area (Å²) in [5.74, 6) is -0.104. The Labute approximate surface area is 148 Å².